The van der Waals surface area contributed by atoms with Crippen molar-refractivity contribution in [1.82, 2.24) is 0 Å². The fraction of sp³-hybridized carbons (Fsp3) is 0.300. The van der Waals surface area contributed by atoms with Gasteiger partial charge in [-0.1, -0.05) is 29.3 Å². The molecular formula is C20H19Cl2NO4. The first-order valence-corrected chi connectivity index (χ1v) is 9.38. The monoisotopic (exact) mass is 407 g/mol. The van der Waals surface area contributed by atoms with Crippen LogP contribution in [0.4, 0.5) is 5.69 Å². The Balaban J connectivity index is 1.48. The fourth-order valence-corrected chi connectivity index (χ4v) is 3.36. The minimum absolute atomic E-state index is 0.288. The van der Waals surface area contributed by atoms with Gasteiger partial charge in [-0.15, -0.1) is 0 Å². The van der Waals surface area contributed by atoms with E-state index in [-0.39, 0.29) is 5.02 Å². The number of fused-ring (bicyclic) bond motifs is 1. The second-order valence-electron chi connectivity index (χ2n) is 6.33. The lowest BCUT2D eigenvalue weighted by atomic mass is 10.1. The summed E-state index contributed by atoms with van der Waals surface area (Å²) < 4.78 is 10.5. The predicted molar refractivity (Wildman–Crippen MR) is 105 cm³/mol. The Morgan fingerprint density at radius 1 is 1.11 bits per heavy atom. The summed E-state index contributed by atoms with van der Waals surface area (Å²) in [6, 6.07) is 10.5. The second-order valence-corrected chi connectivity index (χ2v) is 7.17. The number of benzene rings is 2. The lowest BCUT2D eigenvalue weighted by molar-refractivity contribution is -0.153. The average molecular weight is 408 g/mol. The van der Waals surface area contributed by atoms with Crippen LogP contribution >= 0.6 is 23.2 Å². The molecule has 0 saturated heterocycles. The maximum atomic E-state index is 12.0. The van der Waals surface area contributed by atoms with Crippen molar-refractivity contribution in [3.63, 3.8) is 0 Å². The van der Waals surface area contributed by atoms with Gasteiger partial charge in [0.2, 0.25) is 0 Å². The lowest BCUT2D eigenvalue weighted by Crippen LogP contribution is -2.29. The van der Waals surface area contributed by atoms with Crippen LogP contribution in [0.25, 0.3) is 0 Å². The maximum absolute atomic E-state index is 12.0. The number of halogens is 2. The summed E-state index contributed by atoms with van der Waals surface area (Å²) in [5.74, 6) is -0.753. The highest BCUT2D eigenvalue weighted by Gasteiger charge is 2.19. The van der Waals surface area contributed by atoms with Crippen molar-refractivity contribution in [2.24, 2.45) is 0 Å². The molecule has 0 aromatic heterocycles. The van der Waals surface area contributed by atoms with Crippen LogP contribution in [0, 0.1) is 0 Å². The highest BCUT2D eigenvalue weighted by molar-refractivity contribution is 6.35. The number of nitrogens with one attached hydrogen (secondary N) is 1. The van der Waals surface area contributed by atoms with E-state index in [1.54, 1.807) is 12.1 Å². The molecule has 0 aliphatic heterocycles. The Kier molecular flexibility index (Phi) is 6.24. The van der Waals surface area contributed by atoms with Gasteiger partial charge in [0.15, 0.2) is 12.7 Å². The number of hydrogen-bond acceptors (Lipinski definition) is 4. The first kappa shape index (κ1) is 19.5. The molecule has 2 aromatic rings. The van der Waals surface area contributed by atoms with Crippen molar-refractivity contribution < 1.29 is 19.1 Å². The third-order valence-corrected chi connectivity index (χ3v) is 4.79. The zero-order valence-electron chi connectivity index (χ0n) is 14.8. The van der Waals surface area contributed by atoms with E-state index in [0.717, 1.165) is 19.3 Å². The molecule has 1 atom stereocenters. The van der Waals surface area contributed by atoms with Crippen molar-refractivity contribution in [2.75, 3.05) is 11.9 Å². The van der Waals surface area contributed by atoms with Gasteiger partial charge in [0.05, 0.1) is 5.02 Å². The zero-order valence-corrected chi connectivity index (χ0v) is 16.3. The predicted octanol–water partition coefficient (Wildman–Crippen LogP) is 4.43. The molecule has 0 unspecified atom stereocenters. The summed E-state index contributed by atoms with van der Waals surface area (Å²) in [6.45, 7) is 1.13. The maximum Gasteiger partial charge on any atom is 0.347 e. The van der Waals surface area contributed by atoms with E-state index in [4.69, 9.17) is 32.7 Å². The van der Waals surface area contributed by atoms with Crippen LogP contribution in [0.2, 0.25) is 10.0 Å². The lowest BCUT2D eigenvalue weighted by Gasteiger charge is -2.15. The van der Waals surface area contributed by atoms with Gasteiger partial charge in [0.25, 0.3) is 5.91 Å². The molecule has 0 heterocycles. The smallest absolute Gasteiger partial charge is 0.347 e. The Morgan fingerprint density at radius 2 is 1.89 bits per heavy atom. The van der Waals surface area contributed by atoms with E-state index in [1.165, 1.54) is 24.1 Å². The van der Waals surface area contributed by atoms with Gasteiger partial charge in [-0.3, -0.25) is 4.79 Å². The van der Waals surface area contributed by atoms with E-state index in [0.29, 0.717) is 16.5 Å². The van der Waals surface area contributed by atoms with Crippen LogP contribution in [0.1, 0.15) is 24.5 Å². The Morgan fingerprint density at radius 3 is 2.67 bits per heavy atom. The van der Waals surface area contributed by atoms with Gasteiger partial charge < -0.3 is 14.8 Å². The van der Waals surface area contributed by atoms with Gasteiger partial charge in [0.1, 0.15) is 5.75 Å². The quantitative estimate of drug-likeness (QED) is 0.719. The van der Waals surface area contributed by atoms with Crippen molar-refractivity contribution in [2.45, 2.75) is 32.3 Å². The standard InChI is InChI=1S/C20H19Cl2NO4/c1-12(27-18-8-6-15(21)10-17(18)22)20(25)26-11-19(24)23-16-7-5-13-3-2-4-14(13)9-16/h5-10,12H,2-4,11H2,1H3,(H,23,24)/t12-/m1/s1. The number of hydrogen-bond donors (Lipinski definition) is 1. The van der Waals surface area contributed by atoms with Gasteiger partial charge in [-0.25, -0.2) is 4.79 Å². The number of carbonyl (C=O) groups excluding carboxylic acids is 2. The molecule has 1 aliphatic rings. The molecule has 0 bridgehead atoms. The summed E-state index contributed by atoms with van der Waals surface area (Å²) in [6.07, 6.45) is 2.32. The molecule has 142 valence electrons. The molecule has 1 amide bonds. The molecule has 0 radical (unpaired) electrons. The molecule has 0 fully saturated rings. The van der Waals surface area contributed by atoms with Crippen LogP contribution in [-0.2, 0) is 27.2 Å². The molecule has 5 nitrogen and oxygen atoms in total. The van der Waals surface area contributed by atoms with Crippen LogP contribution in [-0.4, -0.2) is 24.6 Å². The molecule has 27 heavy (non-hydrogen) atoms. The Labute approximate surface area is 167 Å². The molecular weight excluding hydrogens is 389 g/mol. The van der Waals surface area contributed by atoms with Crippen LogP contribution in [0.3, 0.4) is 0 Å². The SMILES string of the molecule is C[C@@H](Oc1ccc(Cl)cc1Cl)C(=O)OCC(=O)Nc1ccc2c(c1)CCC2. The van der Waals surface area contributed by atoms with Crippen LogP contribution in [0.15, 0.2) is 36.4 Å². The largest absolute Gasteiger partial charge is 0.477 e. The number of aryl methyl sites for hydroxylation is 2. The van der Waals surface area contributed by atoms with E-state index in [9.17, 15) is 9.59 Å². The van der Waals surface area contributed by atoms with Crippen molar-refractivity contribution in [3.05, 3.63) is 57.6 Å². The molecule has 1 N–H and O–H groups in total. The number of carbonyl (C=O) groups is 2. The molecule has 0 saturated carbocycles. The number of rotatable bonds is 6. The molecule has 7 heteroatoms. The van der Waals surface area contributed by atoms with Crippen molar-refractivity contribution in [3.8, 4) is 5.75 Å². The topological polar surface area (TPSA) is 64.6 Å². The van der Waals surface area contributed by atoms with Crippen LogP contribution in [0.5, 0.6) is 5.75 Å². The van der Waals surface area contributed by atoms with E-state index < -0.39 is 24.6 Å². The van der Waals surface area contributed by atoms with Crippen molar-refractivity contribution >= 4 is 40.8 Å². The van der Waals surface area contributed by atoms with E-state index in [1.807, 2.05) is 18.2 Å². The number of ether oxygens (including phenoxy) is 2. The first-order chi connectivity index (χ1) is 12.9. The van der Waals surface area contributed by atoms with Crippen molar-refractivity contribution in [1.29, 1.82) is 0 Å². The van der Waals surface area contributed by atoms with E-state index >= 15 is 0 Å². The third kappa shape index (κ3) is 5.15. The number of amides is 1. The molecule has 2 aromatic carbocycles. The molecule has 0 spiro atoms. The third-order valence-electron chi connectivity index (χ3n) is 4.26. The average Bonchev–Trinajstić information content (AvgIpc) is 3.09. The van der Waals surface area contributed by atoms with Crippen LogP contribution < -0.4 is 10.1 Å². The summed E-state index contributed by atoms with van der Waals surface area (Å²) in [4.78, 5) is 24.1. The summed E-state index contributed by atoms with van der Waals surface area (Å²) >= 11 is 11.8. The van der Waals surface area contributed by atoms with Gasteiger partial charge in [0, 0.05) is 10.7 Å². The zero-order chi connectivity index (χ0) is 19.4. The normalized spacial score (nSPS) is 13.6. The summed E-state index contributed by atoms with van der Waals surface area (Å²) in [7, 11) is 0. The summed E-state index contributed by atoms with van der Waals surface area (Å²) in [5.41, 5.74) is 3.28. The first-order valence-electron chi connectivity index (χ1n) is 8.62. The minimum atomic E-state index is -0.920. The van der Waals surface area contributed by atoms with E-state index in [2.05, 4.69) is 5.32 Å². The fourth-order valence-electron chi connectivity index (χ4n) is 2.91. The Bertz CT molecular complexity index is 869. The molecule has 3 rings (SSSR count). The summed E-state index contributed by atoms with van der Waals surface area (Å²) in [5, 5.41) is 3.49. The highest BCUT2D eigenvalue weighted by atomic mass is 35.5. The Hall–Kier alpha value is -2.24. The number of anilines is 1. The molecule has 1 aliphatic carbocycles. The van der Waals surface area contributed by atoms with Gasteiger partial charge in [-0.2, -0.15) is 0 Å². The van der Waals surface area contributed by atoms with Gasteiger partial charge >= 0.3 is 5.97 Å². The highest BCUT2D eigenvalue weighted by Crippen LogP contribution is 2.28. The second kappa shape index (κ2) is 8.63. The number of esters is 1. The minimum Gasteiger partial charge on any atom is -0.477 e. The van der Waals surface area contributed by atoms with Gasteiger partial charge in [-0.05, 0) is 67.6 Å².